The van der Waals surface area contributed by atoms with Crippen molar-refractivity contribution in [2.24, 2.45) is 10.9 Å². The van der Waals surface area contributed by atoms with Crippen LogP contribution >= 0.6 is 0 Å². The maximum Gasteiger partial charge on any atom is 0.247 e. The topological polar surface area (TPSA) is 50.7 Å². The van der Waals surface area contributed by atoms with E-state index in [4.69, 9.17) is 4.74 Å². The van der Waals surface area contributed by atoms with Gasteiger partial charge in [-0.15, -0.1) is 0 Å². The van der Waals surface area contributed by atoms with Gasteiger partial charge in [-0.3, -0.25) is 9.79 Å². The highest BCUT2D eigenvalue weighted by Gasteiger charge is 2.27. The summed E-state index contributed by atoms with van der Waals surface area (Å²) >= 11 is 0. The van der Waals surface area contributed by atoms with E-state index in [0.717, 1.165) is 18.0 Å². The van der Waals surface area contributed by atoms with Gasteiger partial charge in [0.15, 0.2) is 0 Å². The molecule has 0 aliphatic carbocycles. The van der Waals surface area contributed by atoms with Gasteiger partial charge in [0.05, 0.1) is 12.5 Å². The monoisotopic (exact) mass is 216 g/mol. The third-order valence-corrected chi connectivity index (χ3v) is 2.93. The predicted octanol–water partition coefficient (Wildman–Crippen LogP) is 0.766. The van der Waals surface area contributed by atoms with E-state index >= 15 is 0 Å². The highest BCUT2D eigenvalue weighted by Crippen LogP contribution is 2.27. The molecule has 3 rings (SSSR count). The van der Waals surface area contributed by atoms with Crippen molar-refractivity contribution in [3.63, 3.8) is 0 Å². The Balaban J connectivity index is 1.80. The molecular formula is C12H12N2O2. The predicted molar refractivity (Wildman–Crippen MR) is 59.6 cm³/mol. The summed E-state index contributed by atoms with van der Waals surface area (Å²) in [4.78, 5) is 15.3. The number of para-hydroxylation sites is 1. The fraction of sp³-hybridized carbons (Fsp3) is 0.333. The average molecular weight is 216 g/mol. The van der Waals surface area contributed by atoms with Gasteiger partial charge in [0.25, 0.3) is 0 Å². The fourth-order valence-corrected chi connectivity index (χ4v) is 2.11. The van der Waals surface area contributed by atoms with Crippen LogP contribution in [0.1, 0.15) is 5.56 Å². The first kappa shape index (κ1) is 9.39. The van der Waals surface area contributed by atoms with Crippen LogP contribution in [0.25, 0.3) is 0 Å². The van der Waals surface area contributed by atoms with Crippen LogP contribution in [0.3, 0.4) is 0 Å². The molecule has 2 aliphatic rings. The van der Waals surface area contributed by atoms with Gasteiger partial charge in [-0.25, -0.2) is 0 Å². The lowest BCUT2D eigenvalue weighted by molar-refractivity contribution is -0.117. The Hall–Kier alpha value is -1.84. The number of amidine groups is 1. The minimum absolute atomic E-state index is 0.0196. The van der Waals surface area contributed by atoms with Crippen LogP contribution in [0.15, 0.2) is 29.3 Å². The number of amides is 1. The maximum absolute atomic E-state index is 11.1. The number of hydrogen-bond donors (Lipinski definition) is 1. The van der Waals surface area contributed by atoms with Gasteiger partial charge in [0.2, 0.25) is 5.91 Å². The smallest absolute Gasteiger partial charge is 0.247 e. The lowest BCUT2D eigenvalue weighted by Crippen LogP contribution is -2.36. The lowest BCUT2D eigenvalue weighted by atomic mass is 9.96. The Morgan fingerprint density at radius 3 is 3.06 bits per heavy atom. The molecule has 0 fully saturated rings. The van der Waals surface area contributed by atoms with Gasteiger partial charge in [0, 0.05) is 0 Å². The Morgan fingerprint density at radius 1 is 1.38 bits per heavy atom. The summed E-state index contributed by atoms with van der Waals surface area (Å²) in [5.74, 6) is 1.89. The zero-order valence-electron chi connectivity index (χ0n) is 8.77. The van der Waals surface area contributed by atoms with E-state index in [1.807, 2.05) is 18.2 Å². The van der Waals surface area contributed by atoms with E-state index in [0.29, 0.717) is 6.61 Å². The summed E-state index contributed by atoms with van der Waals surface area (Å²) < 4.78 is 5.65. The summed E-state index contributed by atoms with van der Waals surface area (Å²) in [5.41, 5.74) is 1.18. The highest BCUT2D eigenvalue weighted by atomic mass is 16.5. The molecule has 2 heterocycles. The quantitative estimate of drug-likeness (QED) is 0.753. The fourth-order valence-electron chi connectivity index (χ4n) is 2.11. The Labute approximate surface area is 93.3 Å². The number of carbonyl (C=O) groups excluding carboxylic acids is 1. The number of aliphatic imine (C=N–C) groups is 1. The summed E-state index contributed by atoms with van der Waals surface area (Å²) in [6.45, 7) is 0.851. The number of ether oxygens (including phenoxy) is 1. The van der Waals surface area contributed by atoms with Gasteiger partial charge >= 0.3 is 0 Å². The molecule has 1 amide bonds. The number of hydrogen-bond acceptors (Lipinski definition) is 3. The van der Waals surface area contributed by atoms with Crippen LogP contribution in [0, 0.1) is 5.92 Å². The molecule has 1 unspecified atom stereocenters. The molecule has 0 spiro atoms. The third kappa shape index (κ3) is 1.56. The minimum atomic E-state index is -0.0196. The molecule has 1 aromatic carbocycles. The summed E-state index contributed by atoms with van der Waals surface area (Å²) in [6.07, 6.45) is 0.884. The molecule has 0 aromatic heterocycles. The van der Waals surface area contributed by atoms with Crippen molar-refractivity contribution in [2.45, 2.75) is 6.42 Å². The summed E-state index contributed by atoms with van der Waals surface area (Å²) in [7, 11) is 0. The van der Waals surface area contributed by atoms with Crippen molar-refractivity contribution >= 4 is 11.7 Å². The SMILES string of the molecule is O=C1CN=C(C2COc3ccccc3C2)N1. The molecule has 0 bridgehead atoms. The van der Waals surface area contributed by atoms with Gasteiger partial charge in [0.1, 0.15) is 18.1 Å². The van der Waals surface area contributed by atoms with E-state index in [1.165, 1.54) is 5.56 Å². The molecule has 82 valence electrons. The number of fused-ring (bicyclic) bond motifs is 1. The van der Waals surface area contributed by atoms with E-state index in [-0.39, 0.29) is 18.4 Å². The van der Waals surface area contributed by atoms with Gasteiger partial charge < -0.3 is 10.1 Å². The second-order valence-corrected chi connectivity index (χ2v) is 4.07. The van der Waals surface area contributed by atoms with Crippen LogP contribution in [-0.4, -0.2) is 24.9 Å². The number of carbonyl (C=O) groups is 1. The molecule has 16 heavy (non-hydrogen) atoms. The van der Waals surface area contributed by atoms with Crippen LogP contribution in [-0.2, 0) is 11.2 Å². The Bertz CT molecular complexity index is 468. The molecule has 0 saturated heterocycles. The van der Waals surface area contributed by atoms with Crippen molar-refractivity contribution in [3.05, 3.63) is 29.8 Å². The minimum Gasteiger partial charge on any atom is -0.493 e. The zero-order valence-corrected chi connectivity index (χ0v) is 8.77. The normalized spacial score (nSPS) is 23.1. The largest absolute Gasteiger partial charge is 0.493 e. The highest BCUT2D eigenvalue weighted by molar-refractivity contribution is 6.05. The van der Waals surface area contributed by atoms with Gasteiger partial charge in [-0.05, 0) is 18.1 Å². The van der Waals surface area contributed by atoms with E-state index in [2.05, 4.69) is 16.4 Å². The summed E-state index contributed by atoms with van der Waals surface area (Å²) in [6, 6.07) is 7.99. The van der Waals surface area contributed by atoms with E-state index < -0.39 is 0 Å². The molecule has 1 N–H and O–H groups in total. The van der Waals surface area contributed by atoms with Crippen molar-refractivity contribution in [2.75, 3.05) is 13.2 Å². The molecular weight excluding hydrogens is 204 g/mol. The number of nitrogens with one attached hydrogen (secondary N) is 1. The van der Waals surface area contributed by atoms with Gasteiger partial charge in [-0.1, -0.05) is 18.2 Å². The van der Waals surface area contributed by atoms with E-state index in [1.54, 1.807) is 0 Å². The third-order valence-electron chi connectivity index (χ3n) is 2.93. The van der Waals surface area contributed by atoms with Crippen LogP contribution < -0.4 is 10.1 Å². The first-order chi connectivity index (χ1) is 7.83. The van der Waals surface area contributed by atoms with Gasteiger partial charge in [-0.2, -0.15) is 0 Å². The van der Waals surface area contributed by atoms with Crippen molar-refractivity contribution in [3.8, 4) is 5.75 Å². The van der Waals surface area contributed by atoms with Crippen LogP contribution in [0.5, 0.6) is 5.75 Å². The average Bonchev–Trinajstić information content (AvgIpc) is 2.75. The van der Waals surface area contributed by atoms with Crippen molar-refractivity contribution < 1.29 is 9.53 Å². The molecule has 1 atom stereocenters. The molecule has 4 nitrogen and oxygen atoms in total. The van der Waals surface area contributed by atoms with Crippen LogP contribution in [0.2, 0.25) is 0 Å². The maximum atomic E-state index is 11.1. The number of nitrogens with zero attached hydrogens (tertiary/aromatic N) is 1. The zero-order chi connectivity index (χ0) is 11.0. The Morgan fingerprint density at radius 2 is 2.25 bits per heavy atom. The van der Waals surface area contributed by atoms with Crippen molar-refractivity contribution in [1.82, 2.24) is 5.32 Å². The molecule has 4 heteroatoms. The summed E-state index contributed by atoms with van der Waals surface area (Å²) in [5, 5.41) is 2.79. The first-order valence-corrected chi connectivity index (χ1v) is 5.38. The van der Waals surface area contributed by atoms with Crippen molar-refractivity contribution in [1.29, 1.82) is 0 Å². The van der Waals surface area contributed by atoms with E-state index in [9.17, 15) is 4.79 Å². The number of benzene rings is 1. The first-order valence-electron chi connectivity index (χ1n) is 5.38. The Kier molecular flexibility index (Phi) is 2.13. The molecule has 2 aliphatic heterocycles. The second-order valence-electron chi connectivity index (χ2n) is 4.07. The number of rotatable bonds is 1. The molecule has 0 radical (unpaired) electrons. The standard InChI is InChI=1S/C12H12N2O2/c15-11-6-13-12(14-11)9-5-8-3-1-2-4-10(8)16-7-9/h1-4,9H,5-7H2,(H,13,14,15). The lowest BCUT2D eigenvalue weighted by Gasteiger charge is -2.24. The molecule has 1 aromatic rings. The second kappa shape index (κ2) is 3.63. The molecule has 0 saturated carbocycles. The van der Waals surface area contributed by atoms with Crippen LogP contribution in [0.4, 0.5) is 0 Å².